The van der Waals surface area contributed by atoms with Gasteiger partial charge in [0.2, 0.25) is 0 Å². The normalized spacial score (nSPS) is 24.8. The van der Waals surface area contributed by atoms with Gasteiger partial charge in [-0.3, -0.25) is 0 Å². The second-order valence-corrected chi connectivity index (χ2v) is 9.69. The minimum atomic E-state index is -2.83. The third kappa shape index (κ3) is 5.46. The van der Waals surface area contributed by atoms with Gasteiger partial charge in [-0.05, 0) is 36.6 Å². The molecular formula is C16H25N3O3S2. The first-order chi connectivity index (χ1) is 11.6. The van der Waals surface area contributed by atoms with Crippen LogP contribution in [0.4, 0.5) is 0 Å². The fourth-order valence-corrected chi connectivity index (χ4v) is 5.51. The van der Waals surface area contributed by atoms with Gasteiger partial charge in [0.1, 0.15) is 0 Å². The highest BCUT2D eigenvalue weighted by atomic mass is 32.2. The lowest BCUT2D eigenvalue weighted by atomic mass is 10.1. The van der Waals surface area contributed by atoms with E-state index >= 15 is 0 Å². The Morgan fingerprint density at radius 2 is 2.17 bits per heavy atom. The van der Waals surface area contributed by atoms with Crippen LogP contribution in [0.5, 0.6) is 0 Å². The molecule has 6 nitrogen and oxygen atoms in total. The van der Waals surface area contributed by atoms with Crippen LogP contribution in [0.3, 0.4) is 0 Å². The van der Waals surface area contributed by atoms with Crippen molar-refractivity contribution in [3.05, 3.63) is 22.4 Å². The Morgan fingerprint density at radius 1 is 1.33 bits per heavy atom. The molecule has 2 N–H and O–H groups in total. The number of thiophene rings is 1. The molecule has 1 atom stereocenters. The average Bonchev–Trinajstić information content (AvgIpc) is 3.20. The first-order valence-electron chi connectivity index (χ1n) is 8.46. The molecule has 0 radical (unpaired) electrons. The molecule has 2 aliphatic rings. The molecule has 24 heavy (non-hydrogen) atoms. The highest BCUT2D eigenvalue weighted by Crippen LogP contribution is 2.17. The number of nitrogens with zero attached hydrogens (tertiary/aromatic N) is 1. The van der Waals surface area contributed by atoms with E-state index < -0.39 is 9.84 Å². The van der Waals surface area contributed by atoms with E-state index in [1.54, 1.807) is 11.3 Å². The molecule has 134 valence electrons. The number of guanidine groups is 1. The lowest BCUT2D eigenvalue weighted by Crippen LogP contribution is -2.47. The van der Waals surface area contributed by atoms with Crippen LogP contribution in [0.25, 0.3) is 0 Å². The van der Waals surface area contributed by atoms with Gasteiger partial charge in [0, 0.05) is 30.7 Å². The lowest BCUT2D eigenvalue weighted by molar-refractivity contribution is 0.0822. The van der Waals surface area contributed by atoms with Crippen LogP contribution in [-0.2, 0) is 21.1 Å². The van der Waals surface area contributed by atoms with Crippen molar-refractivity contribution in [2.45, 2.75) is 31.8 Å². The predicted octanol–water partition coefficient (Wildman–Crippen LogP) is 1.40. The van der Waals surface area contributed by atoms with Gasteiger partial charge in [0.05, 0.1) is 18.1 Å². The summed E-state index contributed by atoms with van der Waals surface area (Å²) in [5, 5.41) is 8.87. The molecule has 3 rings (SSSR count). The average molecular weight is 372 g/mol. The summed E-state index contributed by atoms with van der Waals surface area (Å²) in [4.78, 5) is 5.89. The van der Waals surface area contributed by atoms with Crippen LogP contribution in [0.1, 0.15) is 24.1 Å². The molecule has 0 aromatic carbocycles. The number of rotatable bonds is 5. The number of nitrogens with one attached hydrogen (secondary N) is 2. The van der Waals surface area contributed by atoms with Crippen molar-refractivity contribution in [2.75, 3.05) is 31.3 Å². The largest absolute Gasteiger partial charge is 0.381 e. The Bertz CT molecular complexity index is 638. The Kier molecular flexibility index (Phi) is 6.13. The highest BCUT2D eigenvalue weighted by molar-refractivity contribution is 7.91. The third-order valence-electron chi connectivity index (χ3n) is 4.42. The molecule has 2 aliphatic heterocycles. The highest BCUT2D eigenvalue weighted by Gasteiger charge is 2.28. The molecule has 2 fully saturated rings. The summed E-state index contributed by atoms with van der Waals surface area (Å²) in [5.74, 6) is 1.56. The van der Waals surface area contributed by atoms with Crippen molar-refractivity contribution in [1.82, 2.24) is 10.6 Å². The summed E-state index contributed by atoms with van der Waals surface area (Å²) < 4.78 is 28.6. The number of hydrogen-bond acceptors (Lipinski definition) is 5. The van der Waals surface area contributed by atoms with Crippen molar-refractivity contribution < 1.29 is 13.2 Å². The van der Waals surface area contributed by atoms with E-state index in [-0.39, 0.29) is 11.7 Å². The minimum absolute atomic E-state index is 0.179. The fourth-order valence-electron chi connectivity index (χ4n) is 3.02. The van der Waals surface area contributed by atoms with E-state index in [9.17, 15) is 8.42 Å². The lowest BCUT2D eigenvalue weighted by Gasteiger charge is -2.25. The first-order valence-corrected chi connectivity index (χ1v) is 11.2. The van der Waals surface area contributed by atoms with Crippen LogP contribution >= 0.6 is 11.3 Å². The molecule has 1 aromatic heterocycles. The van der Waals surface area contributed by atoms with Gasteiger partial charge in [-0.15, -0.1) is 11.3 Å². The smallest absolute Gasteiger partial charge is 0.191 e. The number of hydrogen-bond donors (Lipinski definition) is 2. The molecule has 8 heteroatoms. The standard InChI is InChI=1S/C16H25N3O3S2/c20-24(21)9-5-13(12-24)10-17-16(18-11-15-2-1-8-23-15)19-14-3-6-22-7-4-14/h1-2,8,13-14H,3-7,9-12H2,(H2,17,18,19). The summed E-state index contributed by atoms with van der Waals surface area (Å²) in [5.41, 5.74) is 0. The van der Waals surface area contributed by atoms with E-state index in [2.05, 4.69) is 21.7 Å². The van der Waals surface area contributed by atoms with Crippen LogP contribution in [0.2, 0.25) is 0 Å². The van der Waals surface area contributed by atoms with Crippen molar-refractivity contribution >= 4 is 27.1 Å². The monoisotopic (exact) mass is 371 g/mol. The second kappa shape index (κ2) is 8.31. The van der Waals surface area contributed by atoms with Crippen LogP contribution < -0.4 is 10.6 Å². The summed E-state index contributed by atoms with van der Waals surface area (Å²) >= 11 is 1.69. The van der Waals surface area contributed by atoms with Crippen molar-refractivity contribution in [1.29, 1.82) is 0 Å². The molecular weight excluding hydrogens is 346 g/mol. The zero-order chi connectivity index (χ0) is 16.8. The first kappa shape index (κ1) is 17.7. The molecule has 0 bridgehead atoms. The molecule has 1 unspecified atom stereocenters. The third-order valence-corrected chi connectivity index (χ3v) is 7.12. The Morgan fingerprint density at radius 3 is 2.83 bits per heavy atom. The molecule has 0 aliphatic carbocycles. The predicted molar refractivity (Wildman–Crippen MR) is 97.2 cm³/mol. The van der Waals surface area contributed by atoms with Crippen molar-refractivity contribution in [2.24, 2.45) is 10.9 Å². The molecule has 0 saturated carbocycles. The van der Waals surface area contributed by atoms with Crippen LogP contribution in [0, 0.1) is 5.92 Å². The maximum atomic E-state index is 11.6. The number of ether oxygens (including phenoxy) is 1. The van der Waals surface area contributed by atoms with Gasteiger partial charge in [-0.2, -0.15) is 0 Å². The quantitative estimate of drug-likeness (QED) is 0.604. The molecule has 3 heterocycles. The number of aliphatic imine (C=N–C) groups is 1. The summed E-state index contributed by atoms with van der Waals surface area (Å²) in [6, 6.07) is 4.46. The van der Waals surface area contributed by atoms with Gasteiger partial charge in [-0.25, -0.2) is 13.4 Å². The van der Waals surface area contributed by atoms with E-state index in [1.807, 2.05) is 11.4 Å². The number of sulfone groups is 1. The maximum absolute atomic E-state index is 11.6. The van der Waals surface area contributed by atoms with Crippen LogP contribution in [-0.4, -0.2) is 51.7 Å². The molecule has 1 aromatic rings. The van der Waals surface area contributed by atoms with Crippen molar-refractivity contribution in [3.63, 3.8) is 0 Å². The summed E-state index contributed by atoms with van der Waals surface area (Å²) in [7, 11) is -2.83. The Hall–Kier alpha value is -1.12. The molecule has 2 saturated heterocycles. The van der Waals surface area contributed by atoms with Gasteiger partial charge < -0.3 is 15.4 Å². The maximum Gasteiger partial charge on any atom is 0.191 e. The second-order valence-electron chi connectivity index (χ2n) is 6.43. The topological polar surface area (TPSA) is 79.8 Å². The van der Waals surface area contributed by atoms with Gasteiger partial charge >= 0.3 is 0 Å². The van der Waals surface area contributed by atoms with E-state index in [0.29, 0.717) is 24.9 Å². The van der Waals surface area contributed by atoms with Gasteiger partial charge in [-0.1, -0.05) is 6.07 Å². The molecule has 0 spiro atoms. The van der Waals surface area contributed by atoms with Gasteiger partial charge in [0.25, 0.3) is 0 Å². The zero-order valence-corrected chi connectivity index (χ0v) is 15.4. The van der Waals surface area contributed by atoms with E-state index in [4.69, 9.17) is 4.74 Å². The van der Waals surface area contributed by atoms with E-state index in [0.717, 1.165) is 38.4 Å². The summed E-state index contributed by atoms with van der Waals surface area (Å²) in [6.07, 6.45) is 2.68. The van der Waals surface area contributed by atoms with Gasteiger partial charge in [0.15, 0.2) is 15.8 Å². The van der Waals surface area contributed by atoms with E-state index in [1.165, 1.54) is 4.88 Å². The van der Waals surface area contributed by atoms with Crippen molar-refractivity contribution in [3.8, 4) is 0 Å². The Balaban J connectivity index is 1.56. The van der Waals surface area contributed by atoms with Crippen LogP contribution in [0.15, 0.2) is 22.5 Å². The summed E-state index contributed by atoms with van der Waals surface area (Å²) in [6.45, 7) is 2.84. The Labute approximate surface area is 147 Å². The minimum Gasteiger partial charge on any atom is -0.381 e. The zero-order valence-electron chi connectivity index (χ0n) is 13.7. The fraction of sp³-hybridized carbons (Fsp3) is 0.688. The molecule has 0 amide bonds. The SMILES string of the molecule is O=S1(=O)CCC(CNC(=NCc2cccs2)NC2CCOCC2)C1.